The zero-order chi connectivity index (χ0) is 20.7. The Labute approximate surface area is 169 Å². The molecular weight excluding hydrogens is 350 g/mol. The van der Waals surface area contributed by atoms with Gasteiger partial charge in [0.2, 0.25) is 0 Å². The number of carbonyl (C=O) groups excluding carboxylic acids is 1. The predicted molar refractivity (Wildman–Crippen MR) is 115 cm³/mol. The van der Waals surface area contributed by atoms with E-state index >= 15 is 0 Å². The van der Waals surface area contributed by atoms with Crippen LogP contribution in [0.15, 0.2) is 36.4 Å². The van der Waals surface area contributed by atoms with Gasteiger partial charge in [-0.1, -0.05) is 26.0 Å². The monoisotopic (exact) mass is 383 g/mol. The summed E-state index contributed by atoms with van der Waals surface area (Å²) in [4.78, 5) is 12.7. The van der Waals surface area contributed by atoms with Crippen molar-refractivity contribution in [3.63, 3.8) is 0 Å². The molecule has 0 bridgehead atoms. The highest BCUT2D eigenvalue weighted by atomic mass is 16.5. The second-order valence-electron chi connectivity index (χ2n) is 7.74. The zero-order valence-electron chi connectivity index (χ0n) is 18.0. The van der Waals surface area contributed by atoms with Crippen LogP contribution in [0.1, 0.15) is 67.1 Å². The van der Waals surface area contributed by atoms with E-state index in [1.54, 1.807) is 7.11 Å². The molecule has 0 fully saturated rings. The van der Waals surface area contributed by atoms with Crippen LogP contribution in [-0.4, -0.2) is 25.7 Å². The van der Waals surface area contributed by atoms with E-state index < -0.39 is 0 Å². The van der Waals surface area contributed by atoms with Crippen LogP contribution in [0.4, 0.5) is 0 Å². The van der Waals surface area contributed by atoms with Crippen LogP contribution in [0.5, 0.6) is 11.5 Å². The van der Waals surface area contributed by atoms with E-state index in [-0.39, 0.29) is 12.0 Å². The number of methoxy groups -OCH3 is 1. The van der Waals surface area contributed by atoms with Crippen molar-refractivity contribution in [3.05, 3.63) is 58.7 Å². The molecule has 0 aromatic heterocycles. The van der Waals surface area contributed by atoms with Gasteiger partial charge in [-0.3, -0.25) is 4.79 Å². The lowest BCUT2D eigenvalue weighted by Gasteiger charge is -2.16. The summed E-state index contributed by atoms with van der Waals surface area (Å²) < 4.78 is 11.2. The zero-order valence-corrected chi connectivity index (χ0v) is 18.0. The second kappa shape index (κ2) is 10.2. The van der Waals surface area contributed by atoms with E-state index in [0.29, 0.717) is 12.5 Å². The molecule has 2 rings (SSSR count). The maximum absolute atomic E-state index is 12.7. The standard InChI is InChI=1S/C24H33NO3/c1-16(2)21-15-22(18(5)13-23(21)27-6)24(26)25-12-8-10-19-9-7-11-20(14-19)28-17(3)4/h7,9,11,13-17H,8,10,12H2,1-6H3,(H,25,26). The highest BCUT2D eigenvalue weighted by Gasteiger charge is 2.15. The number of benzene rings is 2. The number of amides is 1. The molecule has 0 radical (unpaired) electrons. The van der Waals surface area contributed by atoms with E-state index in [4.69, 9.17) is 9.47 Å². The maximum atomic E-state index is 12.7. The fourth-order valence-corrected chi connectivity index (χ4v) is 3.21. The van der Waals surface area contributed by atoms with Crippen molar-refractivity contribution in [1.29, 1.82) is 0 Å². The molecule has 2 aromatic carbocycles. The Morgan fingerprint density at radius 2 is 1.86 bits per heavy atom. The summed E-state index contributed by atoms with van der Waals surface area (Å²) in [5, 5.41) is 3.05. The molecule has 4 heteroatoms. The first-order valence-electron chi connectivity index (χ1n) is 10.0. The Kier molecular flexibility index (Phi) is 7.91. The fourth-order valence-electron chi connectivity index (χ4n) is 3.21. The Balaban J connectivity index is 1.93. The van der Waals surface area contributed by atoms with Crippen LogP contribution in [-0.2, 0) is 6.42 Å². The van der Waals surface area contributed by atoms with Gasteiger partial charge in [-0.25, -0.2) is 0 Å². The number of nitrogens with one attached hydrogen (secondary N) is 1. The lowest BCUT2D eigenvalue weighted by molar-refractivity contribution is 0.0952. The average Bonchev–Trinajstić information content (AvgIpc) is 2.64. The second-order valence-corrected chi connectivity index (χ2v) is 7.74. The van der Waals surface area contributed by atoms with Gasteiger partial charge in [-0.15, -0.1) is 0 Å². The van der Waals surface area contributed by atoms with Crippen LogP contribution >= 0.6 is 0 Å². The summed E-state index contributed by atoms with van der Waals surface area (Å²) >= 11 is 0. The maximum Gasteiger partial charge on any atom is 0.251 e. The summed E-state index contributed by atoms with van der Waals surface area (Å²) in [7, 11) is 1.67. The minimum absolute atomic E-state index is 0.0288. The summed E-state index contributed by atoms with van der Waals surface area (Å²) in [5.74, 6) is 2.00. The van der Waals surface area contributed by atoms with Crippen molar-refractivity contribution >= 4 is 5.91 Å². The van der Waals surface area contributed by atoms with Crippen molar-refractivity contribution in [2.75, 3.05) is 13.7 Å². The molecule has 28 heavy (non-hydrogen) atoms. The number of aryl methyl sites for hydroxylation is 2. The van der Waals surface area contributed by atoms with Gasteiger partial charge >= 0.3 is 0 Å². The molecule has 0 saturated carbocycles. The normalized spacial score (nSPS) is 11.0. The lowest BCUT2D eigenvalue weighted by Crippen LogP contribution is -2.25. The van der Waals surface area contributed by atoms with E-state index in [1.165, 1.54) is 5.56 Å². The van der Waals surface area contributed by atoms with Gasteiger partial charge in [0.15, 0.2) is 0 Å². The van der Waals surface area contributed by atoms with Crippen molar-refractivity contribution in [2.24, 2.45) is 0 Å². The molecular formula is C24H33NO3. The Morgan fingerprint density at radius 1 is 1.11 bits per heavy atom. The van der Waals surface area contributed by atoms with Crippen LogP contribution in [0.25, 0.3) is 0 Å². The Morgan fingerprint density at radius 3 is 2.50 bits per heavy atom. The first-order chi connectivity index (χ1) is 13.3. The molecule has 0 unspecified atom stereocenters. The molecule has 0 heterocycles. The minimum atomic E-state index is -0.0288. The molecule has 152 valence electrons. The number of carbonyl (C=O) groups is 1. The summed E-state index contributed by atoms with van der Waals surface area (Å²) in [6.07, 6.45) is 1.94. The van der Waals surface area contributed by atoms with Gasteiger partial charge in [0, 0.05) is 12.1 Å². The van der Waals surface area contributed by atoms with Gasteiger partial charge in [-0.05, 0) is 80.5 Å². The third-order valence-electron chi connectivity index (χ3n) is 4.64. The molecule has 0 aliphatic carbocycles. The predicted octanol–water partition coefficient (Wildman–Crippen LogP) is 5.28. The SMILES string of the molecule is COc1cc(C)c(C(=O)NCCCc2cccc(OC(C)C)c2)cc1C(C)C. The van der Waals surface area contributed by atoms with Gasteiger partial charge in [-0.2, -0.15) is 0 Å². The average molecular weight is 384 g/mol. The Bertz CT molecular complexity index is 796. The minimum Gasteiger partial charge on any atom is -0.496 e. The third-order valence-corrected chi connectivity index (χ3v) is 4.64. The highest BCUT2D eigenvalue weighted by Crippen LogP contribution is 2.29. The molecule has 1 amide bonds. The molecule has 2 aromatic rings. The fraction of sp³-hybridized carbons (Fsp3) is 0.458. The quantitative estimate of drug-likeness (QED) is 0.600. The van der Waals surface area contributed by atoms with Crippen LogP contribution < -0.4 is 14.8 Å². The van der Waals surface area contributed by atoms with Gasteiger partial charge in [0.25, 0.3) is 5.91 Å². The number of hydrogen-bond acceptors (Lipinski definition) is 3. The Hall–Kier alpha value is -2.49. The van der Waals surface area contributed by atoms with E-state index in [2.05, 4.69) is 31.3 Å². The molecule has 4 nitrogen and oxygen atoms in total. The number of ether oxygens (including phenoxy) is 2. The third kappa shape index (κ3) is 6.01. The lowest BCUT2D eigenvalue weighted by atomic mass is 9.96. The first-order valence-corrected chi connectivity index (χ1v) is 10.0. The van der Waals surface area contributed by atoms with Crippen molar-refractivity contribution in [3.8, 4) is 11.5 Å². The largest absolute Gasteiger partial charge is 0.496 e. The number of rotatable bonds is 9. The summed E-state index contributed by atoms with van der Waals surface area (Å²) in [6, 6.07) is 12.1. The highest BCUT2D eigenvalue weighted by molar-refractivity contribution is 5.96. The van der Waals surface area contributed by atoms with E-state index in [0.717, 1.165) is 41.0 Å². The van der Waals surface area contributed by atoms with E-state index in [1.807, 2.05) is 45.0 Å². The van der Waals surface area contributed by atoms with Crippen LogP contribution in [0.2, 0.25) is 0 Å². The van der Waals surface area contributed by atoms with E-state index in [9.17, 15) is 4.79 Å². The van der Waals surface area contributed by atoms with Crippen LogP contribution in [0, 0.1) is 6.92 Å². The summed E-state index contributed by atoms with van der Waals surface area (Å²) in [6.45, 7) is 10.8. The molecule has 0 atom stereocenters. The number of hydrogen-bond donors (Lipinski definition) is 1. The smallest absolute Gasteiger partial charge is 0.251 e. The first kappa shape index (κ1) is 21.8. The molecule has 0 aliphatic rings. The van der Waals surface area contributed by atoms with Gasteiger partial charge in [0.05, 0.1) is 13.2 Å². The van der Waals surface area contributed by atoms with Crippen LogP contribution in [0.3, 0.4) is 0 Å². The van der Waals surface area contributed by atoms with Crippen molar-refractivity contribution < 1.29 is 14.3 Å². The van der Waals surface area contributed by atoms with Gasteiger partial charge < -0.3 is 14.8 Å². The summed E-state index contributed by atoms with van der Waals surface area (Å²) in [5.41, 5.74) is 3.92. The van der Waals surface area contributed by atoms with Crippen molar-refractivity contribution in [2.45, 2.75) is 59.5 Å². The van der Waals surface area contributed by atoms with Gasteiger partial charge in [0.1, 0.15) is 11.5 Å². The molecule has 1 N–H and O–H groups in total. The molecule has 0 aliphatic heterocycles. The molecule has 0 saturated heterocycles. The molecule has 0 spiro atoms. The van der Waals surface area contributed by atoms with Crippen molar-refractivity contribution in [1.82, 2.24) is 5.32 Å². The topological polar surface area (TPSA) is 47.6 Å².